The number of nitrogens with zero attached hydrogens (tertiary/aromatic N) is 2. The molecule has 3 heterocycles. The molecule has 0 atom stereocenters. The molecule has 0 saturated carbocycles. The third-order valence-electron chi connectivity index (χ3n) is 5.00. The third kappa shape index (κ3) is 3.46. The fourth-order valence-electron chi connectivity index (χ4n) is 3.56. The van der Waals surface area contributed by atoms with Crippen LogP contribution in [-0.4, -0.2) is 29.1 Å². The fourth-order valence-corrected chi connectivity index (χ4v) is 4.26. The topological polar surface area (TPSA) is 63.7 Å². The van der Waals surface area contributed by atoms with Crippen LogP contribution in [0, 0.1) is 0 Å². The van der Waals surface area contributed by atoms with E-state index in [1.807, 2.05) is 5.38 Å². The van der Waals surface area contributed by atoms with Crippen molar-refractivity contribution >= 4 is 22.4 Å². The summed E-state index contributed by atoms with van der Waals surface area (Å²) in [5, 5.41) is 5.49. The lowest BCUT2D eigenvalue weighted by molar-refractivity contribution is 0.102. The van der Waals surface area contributed by atoms with Crippen LogP contribution in [0.3, 0.4) is 0 Å². The van der Waals surface area contributed by atoms with E-state index in [1.54, 1.807) is 18.2 Å². The maximum absolute atomic E-state index is 12.5. The number of aromatic nitrogens is 1. The molecule has 0 fully saturated rings. The van der Waals surface area contributed by atoms with Gasteiger partial charge in [-0.3, -0.25) is 15.0 Å². The smallest absolute Gasteiger partial charge is 0.257 e. The van der Waals surface area contributed by atoms with E-state index >= 15 is 0 Å². The fraction of sp³-hybridized carbons (Fsp3) is 0.238. The quantitative estimate of drug-likeness (QED) is 0.733. The van der Waals surface area contributed by atoms with Crippen LogP contribution in [0.4, 0.5) is 5.13 Å². The highest BCUT2D eigenvalue weighted by atomic mass is 32.1. The number of amides is 1. The Morgan fingerprint density at radius 3 is 2.93 bits per heavy atom. The predicted molar refractivity (Wildman–Crippen MR) is 107 cm³/mol. The molecule has 142 valence electrons. The Morgan fingerprint density at radius 1 is 1.14 bits per heavy atom. The number of benzene rings is 2. The molecule has 3 aromatic rings. The van der Waals surface area contributed by atoms with E-state index in [9.17, 15) is 4.79 Å². The average Bonchev–Trinajstić information content (AvgIpc) is 3.36. The molecule has 1 aromatic heterocycles. The summed E-state index contributed by atoms with van der Waals surface area (Å²) in [5.74, 6) is 1.06. The molecular formula is C21H19N3O3S. The molecule has 0 spiro atoms. The minimum absolute atomic E-state index is 0.192. The molecule has 0 bridgehead atoms. The lowest BCUT2D eigenvalue weighted by Crippen LogP contribution is -2.30. The largest absolute Gasteiger partial charge is 0.454 e. The van der Waals surface area contributed by atoms with Crippen molar-refractivity contribution in [2.24, 2.45) is 0 Å². The van der Waals surface area contributed by atoms with Crippen molar-refractivity contribution in [2.45, 2.75) is 19.5 Å². The first-order chi connectivity index (χ1) is 13.7. The number of anilines is 1. The van der Waals surface area contributed by atoms with Crippen molar-refractivity contribution in [1.29, 1.82) is 0 Å². The number of thiazole rings is 1. The van der Waals surface area contributed by atoms with Gasteiger partial charge in [-0.25, -0.2) is 4.98 Å². The van der Waals surface area contributed by atoms with Crippen LogP contribution in [0.15, 0.2) is 47.8 Å². The van der Waals surface area contributed by atoms with Crippen LogP contribution in [0.1, 0.15) is 27.2 Å². The van der Waals surface area contributed by atoms with E-state index < -0.39 is 0 Å². The SMILES string of the molecule is O=C(Nc1nc(CN2CCc3ccccc3C2)cs1)c1ccc2c(c1)OCO2. The van der Waals surface area contributed by atoms with Gasteiger partial charge in [0.15, 0.2) is 16.6 Å². The van der Waals surface area contributed by atoms with Gasteiger partial charge in [0.2, 0.25) is 6.79 Å². The van der Waals surface area contributed by atoms with Crippen LogP contribution in [0.2, 0.25) is 0 Å². The molecule has 0 aliphatic carbocycles. The summed E-state index contributed by atoms with van der Waals surface area (Å²) in [5.41, 5.74) is 4.33. The Hall–Kier alpha value is -2.90. The maximum atomic E-state index is 12.5. The highest BCUT2D eigenvalue weighted by molar-refractivity contribution is 7.14. The summed E-state index contributed by atoms with van der Waals surface area (Å²) in [4.78, 5) is 19.5. The van der Waals surface area contributed by atoms with E-state index in [2.05, 4.69) is 39.5 Å². The normalized spacial score (nSPS) is 15.3. The first-order valence-corrected chi connectivity index (χ1v) is 10.1. The van der Waals surface area contributed by atoms with Crippen molar-refractivity contribution in [3.05, 3.63) is 70.2 Å². The van der Waals surface area contributed by atoms with Gasteiger partial charge >= 0.3 is 0 Å². The molecule has 2 aliphatic rings. The Labute approximate surface area is 166 Å². The van der Waals surface area contributed by atoms with Crippen LogP contribution >= 0.6 is 11.3 Å². The minimum atomic E-state index is -0.203. The maximum Gasteiger partial charge on any atom is 0.257 e. The monoisotopic (exact) mass is 393 g/mol. The van der Waals surface area contributed by atoms with E-state index in [-0.39, 0.29) is 12.7 Å². The van der Waals surface area contributed by atoms with Crippen LogP contribution in [0.25, 0.3) is 0 Å². The molecule has 2 aliphatic heterocycles. The molecule has 7 heteroatoms. The van der Waals surface area contributed by atoms with Gasteiger partial charge in [0.25, 0.3) is 5.91 Å². The summed E-state index contributed by atoms with van der Waals surface area (Å²) in [6.07, 6.45) is 1.06. The van der Waals surface area contributed by atoms with Crippen molar-refractivity contribution in [3.63, 3.8) is 0 Å². The summed E-state index contributed by atoms with van der Waals surface area (Å²) in [7, 11) is 0. The summed E-state index contributed by atoms with van der Waals surface area (Å²) in [6, 6.07) is 13.8. The van der Waals surface area contributed by atoms with Gasteiger partial charge in [-0.05, 0) is 35.7 Å². The Balaban J connectivity index is 1.22. The molecular weight excluding hydrogens is 374 g/mol. The second-order valence-electron chi connectivity index (χ2n) is 6.90. The molecule has 0 saturated heterocycles. The van der Waals surface area contributed by atoms with Crippen LogP contribution in [-0.2, 0) is 19.5 Å². The molecule has 2 aromatic carbocycles. The first-order valence-electron chi connectivity index (χ1n) is 9.19. The first kappa shape index (κ1) is 17.2. The zero-order valence-electron chi connectivity index (χ0n) is 15.2. The predicted octanol–water partition coefficient (Wildman–Crippen LogP) is 3.68. The number of fused-ring (bicyclic) bond motifs is 2. The van der Waals surface area contributed by atoms with Crippen molar-refractivity contribution in [2.75, 3.05) is 18.7 Å². The van der Waals surface area contributed by atoms with Gasteiger partial charge in [-0.2, -0.15) is 0 Å². The number of hydrogen-bond donors (Lipinski definition) is 1. The third-order valence-corrected chi connectivity index (χ3v) is 5.81. The van der Waals surface area contributed by atoms with Gasteiger partial charge in [0.1, 0.15) is 0 Å². The highest BCUT2D eigenvalue weighted by Gasteiger charge is 2.19. The van der Waals surface area contributed by atoms with E-state index in [0.29, 0.717) is 22.2 Å². The molecule has 0 unspecified atom stereocenters. The van der Waals surface area contributed by atoms with E-state index in [1.165, 1.54) is 22.5 Å². The molecule has 5 rings (SSSR count). The number of hydrogen-bond acceptors (Lipinski definition) is 6. The second-order valence-corrected chi connectivity index (χ2v) is 7.75. The van der Waals surface area contributed by atoms with E-state index in [0.717, 1.165) is 31.7 Å². The van der Waals surface area contributed by atoms with E-state index in [4.69, 9.17) is 9.47 Å². The van der Waals surface area contributed by atoms with Gasteiger partial charge < -0.3 is 9.47 Å². The van der Waals surface area contributed by atoms with Crippen LogP contribution in [0.5, 0.6) is 11.5 Å². The zero-order valence-corrected chi connectivity index (χ0v) is 16.0. The van der Waals surface area contributed by atoms with Crippen LogP contribution < -0.4 is 14.8 Å². The van der Waals surface area contributed by atoms with Gasteiger partial charge in [0.05, 0.1) is 5.69 Å². The number of carbonyl (C=O) groups excluding carboxylic acids is 1. The molecule has 28 heavy (non-hydrogen) atoms. The number of nitrogens with one attached hydrogen (secondary N) is 1. The summed E-state index contributed by atoms with van der Waals surface area (Å²) < 4.78 is 10.6. The van der Waals surface area contributed by atoms with Crippen molar-refractivity contribution < 1.29 is 14.3 Å². The standard InChI is InChI=1S/C21H19N3O3S/c25-20(15-5-6-18-19(9-15)27-13-26-18)23-21-22-17(12-28-21)11-24-8-7-14-3-1-2-4-16(14)10-24/h1-6,9,12H,7-8,10-11,13H2,(H,22,23,25). The molecule has 0 radical (unpaired) electrons. The Bertz CT molecular complexity index is 1030. The summed E-state index contributed by atoms with van der Waals surface area (Å²) in [6.45, 7) is 2.93. The molecule has 6 nitrogen and oxygen atoms in total. The van der Waals surface area contributed by atoms with Gasteiger partial charge in [0, 0.05) is 30.6 Å². The van der Waals surface area contributed by atoms with Gasteiger partial charge in [-0.15, -0.1) is 11.3 Å². The average molecular weight is 393 g/mol. The number of ether oxygens (including phenoxy) is 2. The van der Waals surface area contributed by atoms with Gasteiger partial charge in [-0.1, -0.05) is 24.3 Å². The minimum Gasteiger partial charge on any atom is -0.454 e. The second kappa shape index (κ2) is 7.26. The zero-order chi connectivity index (χ0) is 18.9. The highest BCUT2D eigenvalue weighted by Crippen LogP contribution is 2.32. The number of carbonyl (C=O) groups is 1. The number of rotatable bonds is 4. The lowest BCUT2D eigenvalue weighted by Gasteiger charge is -2.27. The van der Waals surface area contributed by atoms with Crippen molar-refractivity contribution in [1.82, 2.24) is 9.88 Å². The Morgan fingerprint density at radius 2 is 2.00 bits per heavy atom. The molecule has 1 N–H and O–H groups in total. The Kier molecular flexibility index (Phi) is 4.46. The van der Waals surface area contributed by atoms with Crippen molar-refractivity contribution in [3.8, 4) is 11.5 Å². The molecule has 1 amide bonds. The summed E-state index contributed by atoms with van der Waals surface area (Å²) >= 11 is 1.45. The lowest BCUT2D eigenvalue weighted by atomic mass is 10.00.